The molecule has 0 fully saturated rings. The number of hydrogen-bond acceptors (Lipinski definition) is 2. The molecule has 1 N–H and O–H groups in total. The minimum atomic E-state index is -3.33. The molecule has 0 saturated carbocycles. The van der Waals surface area contributed by atoms with Crippen LogP contribution in [-0.4, -0.2) is 16.7 Å². The van der Waals surface area contributed by atoms with Crippen molar-refractivity contribution in [3.63, 3.8) is 0 Å². The van der Waals surface area contributed by atoms with Crippen LogP contribution in [0.2, 0.25) is 0 Å². The maximum absolute atomic E-state index is 11.3. The standard InChI is InChI=1S/C8H19O3P/c1-5-6-7-12(9,10)11-8(2,3)4/h5-7H2,1-4H3,(H,9,10). The average Bonchev–Trinajstić information content (AvgIpc) is 1.78. The van der Waals surface area contributed by atoms with E-state index in [4.69, 9.17) is 4.52 Å². The molecular weight excluding hydrogens is 175 g/mol. The Morgan fingerprint density at radius 1 is 1.42 bits per heavy atom. The van der Waals surface area contributed by atoms with Gasteiger partial charge in [-0.15, -0.1) is 0 Å². The molecule has 0 aliphatic carbocycles. The Hall–Kier alpha value is 0.150. The van der Waals surface area contributed by atoms with Gasteiger partial charge in [0.1, 0.15) is 0 Å². The van der Waals surface area contributed by atoms with Gasteiger partial charge < -0.3 is 9.42 Å². The molecule has 0 saturated heterocycles. The van der Waals surface area contributed by atoms with E-state index >= 15 is 0 Å². The predicted molar refractivity (Wildman–Crippen MR) is 50.4 cm³/mol. The molecule has 0 amide bonds. The van der Waals surface area contributed by atoms with Crippen LogP contribution in [0.4, 0.5) is 0 Å². The third kappa shape index (κ3) is 6.84. The van der Waals surface area contributed by atoms with E-state index in [0.29, 0.717) is 0 Å². The van der Waals surface area contributed by atoms with Crippen molar-refractivity contribution in [1.29, 1.82) is 0 Å². The van der Waals surface area contributed by atoms with Crippen molar-refractivity contribution in [2.45, 2.75) is 46.1 Å². The molecule has 74 valence electrons. The molecule has 4 heteroatoms. The first kappa shape index (κ1) is 12.2. The fourth-order valence-electron chi connectivity index (χ4n) is 0.831. The first-order valence-electron chi connectivity index (χ1n) is 4.29. The summed E-state index contributed by atoms with van der Waals surface area (Å²) in [7, 11) is -3.33. The summed E-state index contributed by atoms with van der Waals surface area (Å²) in [5.41, 5.74) is -0.530. The Morgan fingerprint density at radius 2 is 1.92 bits per heavy atom. The summed E-state index contributed by atoms with van der Waals surface area (Å²) in [5, 5.41) is 0. The van der Waals surface area contributed by atoms with Gasteiger partial charge in [-0.2, -0.15) is 0 Å². The Kier molecular flexibility index (Phi) is 4.46. The van der Waals surface area contributed by atoms with Gasteiger partial charge in [0.25, 0.3) is 0 Å². The molecular formula is C8H19O3P. The van der Waals surface area contributed by atoms with Crippen molar-refractivity contribution in [3.8, 4) is 0 Å². The smallest absolute Gasteiger partial charge is 0.324 e. The van der Waals surface area contributed by atoms with E-state index in [1.165, 1.54) is 0 Å². The fourth-order valence-corrected chi connectivity index (χ4v) is 2.49. The van der Waals surface area contributed by atoms with E-state index in [1.807, 2.05) is 6.92 Å². The van der Waals surface area contributed by atoms with Gasteiger partial charge in [0.2, 0.25) is 0 Å². The van der Waals surface area contributed by atoms with Crippen LogP contribution in [0.3, 0.4) is 0 Å². The molecule has 0 aliphatic heterocycles. The van der Waals surface area contributed by atoms with Crippen molar-refractivity contribution < 1.29 is 14.0 Å². The Morgan fingerprint density at radius 3 is 2.25 bits per heavy atom. The van der Waals surface area contributed by atoms with Gasteiger partial charge in [-0.1, -0.05) is 13.3 Å². The lowest BCUT2D eigenvalue weighted by Gasteiger charge is -2.23. The van der Waals surface area contributed by atoms with Crippen LogP contribution in [-0.2, 0) is 9.09 Å². The topological polar surface area (TPSA) is 46.5 Å². The van der Waals surface area contributed by atoms with E-state index in [9.17, 15) is 9.46 Å². The molecule has 0 rings (SSSR count). The van der Waals surface area contributed by atoms with Gasteiger partial charge in [0.05, 0.1) is 5.60 Å². The van der Waals surface area contributed by atoms with Crippen LogP contribution in [0.25, 0.3) is 0 Å². The summed E-state index contributed by atoms with van der Waals surface area (Å²) >= 11 is 0. The third-order valence-electron chi connectivity index (χ3n) is 1.21. The Labute approximate surface area is 74.7 Å². The van der Waals surface area contributed by atoms with E-state index in [-0.39, 0.29) is 6.16 Å². The minimum absolute atomic E-state index is 0.265. The zero-order valence-corrected chi connectivity index (χ0v) is 9.23. The highest BCUT2D eigenvalue weighted by Gasteiger charge is 2.25. The molecule has 1 atom stereocenters. The van der Waals surface area contributed by atoms with Crippen molar-refractivity contribution in [2.24, 2.45) is 0 Å². The van der Waals surface area contributed by atoms with Crippen molar-refractivity contribution in [1.82, 2.24) is 0 Å². The normalized spacial score (nSPS) is 17.4. The van der Waals surface area contributed by atoms with E-state index in [1.54, 1.807) is 20.8 Å². The second-order valence-electron chi connectivity index (χ2n) is 3.92. The lowest BCUT2D eigenvalue weighted by atomic mass is 10.2. The molecule has 0 aromatic heterocycles. The van der Waals surface area contributed by atoms with Crippen LogP contribution in [0, 0.1) is 0 Å². The first-order valence-corrected chi connectivity index (χ1v) is 6.06. The lowest BCUT2D eigenvalue weighted by Crippen LogP contribution is -2.18. The van der Waals surface area contributed by atoms with E-state index in [0.717, 1.165) is 12.8 Å². The number of hydrogen-bond donors (Lipinski definition) is 1. The molecule has 0 aromatic rings. The quantitative estimate of drug-likeness (QED) is 0.700. The molecule has 0 aliphatic rings. The highest BCUT2D eigenvalue weighted by molar-refractivity contribution is 7.52. The fraction of sp³-hybridized carbons (Fsp3) is 1.00. The molecule has 0 aromatic carbocycles. The molecule has 12 heavy (non-hydrogen) atoms. The number of unbranched alkanes of at least 4 members (excludes halogenated alkanes) is 1. The van der Waals surface area contributed by atoms with Gasteiger partial charge in [0.15, 0.2) is 0 Å². The van der Waals surface area contributed by atoms with Gasteiger partial charge >= 0.3 is 7.60 Å². The molecule has 0 bridgehead atoms. The Bertz CT molecular complexity index is 172. The lowest BCUT2D eigenvalue weighted by molar-refractivity contribution is 0.111. The second-order valence-corrected chi connectivity index (χ2v) is 5.82. The van der Waals surface area contributed by atoms with Crippen LogP contribution in [0.5, 0.6) is 0 Å². The highest BCUT2D eigenvalue weighted by atomic mass is 31.2. The molecule has 0 spiro atoms. The average molecular weight is 194 g/mol. The van der Waals surface area contributed by atoms with Gasteiger partial charge in [-0.25, -0.2) is 0 Å². The van der Waals surface area contributed by atoms with Crippen molar-refractivity contribution >= 4 is 7.60 Å². The van der Waals surface area contributed by atoms with Crippen molar-refractivity contribution in [2.75, 3.05) is 6.16 Å². The van der Waals surface area contributed by atoms with Crippen LogP contribution < -0.4 is 0 Å². The zero-order chi connectivity index (χ0) is 9.83. The van der Waals surface area contributed by atoms with Gasteiger partial charge in [0, 0.05) is 6.16 Å². The SMILES string of the molecule is CCCCP(=O)(O)OC(C)(C)C. The maximum Gasteiger partial charge on any atom is 0.328 e. The number of rotatable bonds is 4. The van der Waals surface area contributed by atoms with Crippen LogP contribution >= 0.6 is 7.60 Å². The minimum Gasteiger partial charge on any atom is -0.324 e. The summed E-state index contributed by atoms with van der Waals surface area (Å²) < 4.78 is 16.4. The third-order valence-corrected chi connectivity index (χ3v) is 2.93. The predicted octanol–water partition coefficient (Wildman–Crippen LogP) is 2.79. The van der Waals surface area contributed by atoms with Gasteiger partial charge in [-0.3, -0.25) is 4.57 Å². The van der Waals surface area contributed by atoms with Crippen LogP contribution in [0.1, 0.15) is 40.5 Å². The summed E-state index contributed by atoms with van der Waals surface area (Å²) in [4.78, 5) is 9.31. The van der Waals surface area contributed by atoms with E-state index in [2.05, 4.69) is 0 Å². The highest BCUT2D eigenvalue weighted by Crippen LogP contribution is 2.46. The molecule has 1 unspecified atom stereocenters. The second kappa shape index (κ2) is 4.40. The molecule has 0 heterocycles. The van der Waals surface area contributed by atoms with E-state index < -0.39 is 13.2 Å². The monoisotopic (exact) mass is 194 g/mol. The van der Waals surface area contributed by atoms with Crippen LogP contribution in [0.15, 0.2) is 0 Å². The molecule has 0 radical (unpaired) electrons. The molecule has 3 nitrogen and oxygen atoms in total. The summed E-state index contributed by atoms with van der Waals surface area (Å²) in [6.45, 7) is 7.32. The maximum atomic E-state index is 11.3. The Balaban J connectivity index is 3.96. The zero-order valence-electron chi connectivity index (χ0n) is 8.33. The largest absolute Gasteiger partial charge is 0.328 e. The van der Waals surface area contributed by atoms with Crippen molar-refractivity contribution in [3.05, 3.63) is 0 Å². The summed E-state index contributed by atoms with van der Waals surface area (Å²) in [5.74, 6) is 0. The van der Waals surface area contributed by atoms with Gasteiger partial charge in [-0.05, 0) is 27.2 Å². The summed E-state index contributed by atoms with van der Waals surface area (Å²) in [6.07, 6.45) is 1.92. The summed E-state index contributed by atoms with van der Waals surface area (Å²) in [6, 6.07) is 0. The first-order chi connectivity index (χ1) is 5.27.